The van der Waals surface area contributed by atoms with Crippen LogP contribution in [-0.2, 0) is 14.9 Å². The fourth-order valence-electron chi connectivity index (χ4n) is 1.22. The first-order chi connectivity index (χ1) is 6.98. The highest BCUT2D eigenvalue weighted by molar-refractivity contribution is 5.82. The Morgan fingerprint density at radius 3 is 2.80 bits per heavy atom. The number of esters is 1. The molecule has 3 nitrogen and oxygen atoms in total. The summed E-state index contributed by atoms with van der Waals surface area (Å²) in [6.45, 7) is 5.44. The van der Waals surface area contributed by atoms with Crippen molar-refractivity contribution in [1.82, 2.24) is 4.98 Å². The first kappa shape index (κ1) is 11.6. The normalized spacial score (nSPS) is 11.2. The highest BCUT2D eigenvalue weighted by Crippen LogP contribution is 2.24. The van der Waals surface area contributed by atoms with Crippen molar-refractivity contribution in [3.63, 3.8) is 0 Å². The molecule has 0 N–H and O–H groups in total. The molecule has 0 aliphatic rings. The molecule has 1 rings (SSSR count). The molecule has 82 valence electrons. The van der Waals surface area contributed by atoms with Gasteiger partial charge in [0.2, 0.25) is 5.95 Å². The molecule has 0 saturated carbocycles. The number of carbonyl (C=O) groups is 1. The zero-order chi connectivity index (χ0) is 11.5. The predicted octanol–water partition coefficient (Wildman–Crippen LogP) is 2.06. The Morgan fingerprint density at radius 2 is 2.27 bits per heavy atom. The number of hydrogen-bond acceptors (Lipinski definition) is 3. The molecule has 0 unspecified atom stereocenters. The standard InChI is InChI=1S/C11H14FNO2/c1-4-15-10(14)11(2,3)8-5-6-13-9(12)7-8/h5-7H,4H2,1-3H3. The van der Waals surface area contributed by atoms with Crippen molar-refractivity contribution >= 4 is 5.97 Å². The second-order valence-electron chi connectivity index (χ2n) is 3.71. The number of aromatic nitrogens is 1. The summed E-state index contributed by atoms with van der Waals surface area (Å²) in [6, 6.07) is 2.86. The summed E-state index contributed by atoms with van der Waals surface area (Å²) >= 11 is 0. The average molecular weight is 211 g/mol. The van der Waals surface area contributed by atoms with Crippen LogP contribution < -0.4 is 0 Å². The molecule has 1 heterocycles. The summed E-state index contributed by atoms with van der Waals surface area (Å²) in [5.41, 5.74) is -0.284. The zero-order valence-electron chi connectivity index (χ0n) is 9.08. The third kappa shape index (κ3) is 2.52. The van der Waals surface area contributed by atoms with Crippen LogP contribution in [0.4, 0.5) is 4.39 Å². The number of ether oxygens (including phenoxy) is 1. The Bertz CT molecular complexity index is 363. The van der Waals surface area contributed by atoms with Crippen LogP contribution in [0.3, 0.4) is 0 Å². The second-order valence-corrected chi connectivity index (χ2v) is 3.71. The molecule has 15 heavy (non-hydrogen) atoms. The summed E-state index contributed by atoms with van der Waals surface area (Å²) in [4.78, 5) is 15.1. The molecular formula is C11H14FNO2. The van der Waals surface area contributed by atoms with Gasteiger partial charge in [0.25, 0.3) is 0 Å². The molecule has 0 atom stereocenters. The fraction of sp³-hybridized carbons (Fsp3) is 0.455. The van der Waals surface area contributed by atoms with E-state index in [-0.39, 0.29) is 5.97 Å². The summed E-state index contributed by atoms with van der Waals surface area (Å²) < 4.78 is 17.8. The van der Waals surface area contributed by atoms with Crippen molar-refractivity contribution in [2.24, 2.45) is 0 Å². The summed E-state index contributed by atoms with van der Waals surface area (Å²) in [5.74, 6) is -0.958. The lowest BCUT2D eigenvalue weighted by molar-refractivity contribution is -0.148. The van der Waals surface area contributed by atoms with Gasteiger partial charge in [-0.05, 0) is 38.5 Å². The first-order valence-electron chi connectivity index (χ1n) is 4.77. The SMILES string of the molecule is CCOC(=O)C(C)(C)c1ccnc(F)c1. The van der Waals surface area contributed by atoms with Gasteiger partial charge in [-0.1, -0.05) is 0 Å². The van der Waals surface area contributed by atoms with Gasteiger partial charge in [-0.25, -0.2) is 4.98 Å². The maximum atomic E-state index is 12.9. The molecule has 0 aliphatic heterocycles. The van der Waals surface area contributed by atoms with Crippen LogP contribution in [0.2, 0.25) is 0 Å². The predicted molar refractivity (Wildman–Crippen MR) is 53.9 cm³/mol. The molecule has 1 aromatic rings. The Hall–Kier alpha value is -1.45. The van der Waals surface area contributed by atoms with Crippen LogP contribution in [-0.4, -0.2) is 17.6 Å². The molecule has 0 amide bonds. The second kappa shape index (κ2) is 4.38. The van der Waals surface area contributed by atoms with Crippen molar-refractivity contribution in [3.05, 3.63) is 29.8 Å². The van der Waals surface area contributed by atoms with Gasteiger partial charge in [-0.15, -0.1) is 0 Å². The maximum Gasteiger partial charge on any atom is 0.315 e. The topological polar surface area (TPSA) is 39.2 Å². The third-order valence-corrected chi connectivity index (χ3v) is 2.23. The molecule has 0 bridgehead atoms. The Balaban J connectivity index is 2.99. The van der Waals surface area contributed by atoms with Crippen molar-refractivity contribution in [3.8, 4) is 0 Å². The number of carbonyl (C=O) groups excluding carboxylic acids is 1. The van der Waals surface area contributed by atoms with E-state index >= 15 is 0 Å². The lowest BCUT2D eigenvalue weighted by atomic mass is 9.85. The third-order valence-electron chi connectivity index (χ3n) is 2.23. The van der Waals surface area contributed by atoms with Crippen LogP contribution in [0.15, 0.2) is 18.3 Å². The van der Waals surface area contributed by atoms with Crippen LogP contribution >= 0.6 is 0 Å². The molecule has 0 aromatic carbocycles. The zero-order valence-corrected chi connectivity index (χ0v) is 9.08. The lowest BCUT2D eigenvalue weighted by Gasteiger charge is -2.22. The molecule has 0 spiro atoms. The van der Waals surface area contributed by atoms with Gasteiger partial charge in [-0.2, -0.15) is 4.39 Å². The molecule has 0 saturated heterocycles. The van der Waals surface area contributed by atoms with Crippen molar-refractivity contribution in [2.45, 2.75) is 26.2 Å². The van der Waals surface area contributed by atoms with Gasteiger partial charge in [0.1, 0.15) is 0 Å². The van der Waals surface area contributed by atoms with Gasteiger partial charge in [0.15, 0.2) is 0 Å². The van der Waals surface area contributed by atoms with Gasteiger partial charge in [0.05, 0.1) is 12.0 Å². The number of halogens is 1. The average Bonchev–Trinajstić information content (AvgIpc) is 2.18. The van der Waals surface area contributed by atoms with Crippen LogP contribution in [0.5, 0.6) is 0 Å². The Labute approximate surface area is 88.3 Å². The largest absolute Gasteiger partial charge is 0.465 e. The number of hydrogen-bond donors (Lipinski definition) is 0. The minimum absolute atomic E-state index is 0.315. The molecule has 4 heteroatoms. The van der Waals surface area contributed by atoms with E-state index in [1.54, 1.807) is 26.8 Å². The summed E-state index contributed by atoms with van der Waals surface area (Å²) in [5, 5.41) is 0. The van der Waals surface area contributed by atoms with E-state index in [1.807, 2.05) is 0 Å². The number of pyridine rings is 1. The molecule has 0 aliphatic carbocycles. The monoisotopic (exact) mass is 211 g/mol. The van der Waals surface area contributed by atoms with Gasteiger partial charge in [-0.3, -0.25) is 4.79 Å². The van der Waals surface area contributed by atoms with Crippen molar-refractivity contribution in [2.75, 3.05) is 6.61 Å². The van der Waals surface area contributed by atoms with E-state index in [0.717, 1.165) is 0 Å². The van der Waals surface area contributed by atoms with E-state index in [0.29, 0.717) is 12.2 Å². The van der Waals surface area contributed by atoms with E-state index in [1.165, 1.54) is 12.3 Å². The highest BCUT2D eigenvalue weighted by Gasteiger charge is 2.31. The number of rotatable bonds is 3. The molecule has 0 radical (unpaired) electrons. The van der Waals surface area contributed by atoms with E-state index in [2.05, 4.69) is 4.98 Å². The van der Waals surface area contributed by atoms with Gasteiger partial charge >= 0.3 is 5.97 Å². The molecular weight excluding hydrogens is 197 g/mol. The van der Waals surface area contributed by atoms with Crippen molar-refractivity contribution < 1.29 is 13.9 Å². The molecule has 1 aromatic heterocycles. The summed E-state index contributed by atoms with van der Waals surface area (Å²) in [7, 11) is 0. The Kier molecular flexibility index (Phi) is 3.39. The lowest BCUT2D eigenvalue weighted by Crippen LogP contribution is -2.31. The van der Waals surface area contributed by atoms with Gasteiger partial charge < -0.3 is 4.74 Å². The van der Waals surface area contributed by atoms with Gasteiger partial charge in [0, 0.05) is 6.20 Å². The first-order valence-corrected chi connectivity index (χ1v) is 4.77. The maximum absolute atomic E-state index is 12.9. The van der Waals surface area contributed by atoms with Crippen LogP contribution in [0.1, 0.15) is 26.3 Å². The Morgan fingerprint density at radius 1 is 1.60 bits per heavy atom. The van der Waals surface area contributed by atoms with E-state index in [9.17, 15) is 9.18 Å². The van der Waals surface area contributed by atoms with E-state index < -0.39 is 11.4 Å². The summed E-state index contributed by atoms with van der Waals surface area (Å²) in [6.07, 6.45) is 1.34. The quantitative estimate of drug-likeness (QED) is 0.567. The van der Waals surface area contributed by atoms with Crippen molar-refractivity contribution in [1.29, 1.82) is 0 Å². The number of nitrogens with zero attached hydrogens (tertiary/aromatic N) is 1. The van der Waals surface area contributed by atoms with E-state index in [4.69, 9.17) is 4.74 Å². The molecule has 0 fully saturated rings. The minimum atomic E-state index is -0.847. The minimum Gasteiger partial charge on any atom is -0.465 e. The van der Waals surface area contributed by atoms with Crippen LogP contribution in [0, 0.1) is 5.95 Å². The van der Waals surface area contributed by atoms with Crippen LogP contribution in [0.25, 0.3) is 0 Å². The fourth-order valence-corrected chi connectivity index (χ4v) is 1.22. The smallest absolute Gasteiger partial charge is 0.315 e. The highest BCUT2D eigenvalue weighted by atomic mass is 19.1.